The minimum absolute atomic E-state index is 0.448. The number of likely N-dealkylation sites (tertiary alicyclic amines) is 1. The first kappa shape index (κ1) is 13.3. The fourth-order valence-electron chi connectivity index (χ4n) is 2.20. The smallest absolute Gasteiger partial charge is 0.248 e. The Labute approximate surface area is 112 Å². The third-order valence-electron chi connectivity index (χ3n) is 3.31. The Morgan fingerprint density at radius 1 is 1.61 bits per heavy atom. The van der Waals surface area contributed by atoms with Gasteiger partial charge in [-0.15, -0.1) is 0 Å². The van der Waals surface area contributed by atoms with E-state index in [1.54, 1.807) is 12.1 Å². The lowest BCUT2D eigenvalue weighted by molar-refractivity contribution is 0.100. The van der Waals surface area contributed by atoms with E-state index in [9.17, 15) is 4.79 Å². The number of hydrogen-bond acceptors (Lipinski definition) is 3. The van der Waals surface area contributed by atoms with Crippen LogP contribution < -0.4 is 11.1 Å². The molecule has 0 spiro atoms. The summed E-state index contributed by atoms with van der Waals surface area (Å²) in [6.45, 7) is 2.92. The molecule has 1 aliphatic heterocycles. The van der Waals surface area contributed by atoms with Crippen molar-refractivity contribution < 1.29 is 4.79 Å². The number of halogens is 1. The first-order chi connectivity index (χ1) is 8.56. The largest absolute Gasteiger partial charge is 0.366 e. The summed E-state index contributed by atoms with van der Waals surface area (Å²) in [4.78, 5) is 13.3. The third kappa shape index (κ3) is 3.22. The van der Waals surface area contributed by atoms with Gasteiger partial charge in [0.25, 0.3) is 0 Å². The second-order valence-corrected chi connectivity index (χ2v) is 5.21. The molecule has 1 heterocycles. The van der Waals surface area contributed by atoms with E-state index in [1.807, 2.05) is 6.07 Å². The number of nitrogens with two attached hydrogens (primary N) is 1. The van der Waals surface area contributed by atoms with Gasteiger partial charge in [0, 0.05) is 29.7 Å². The Balaban J connectivity index is 1.95. The van der Waals surface area contributed by atoms with Crippen LogP contribution in [0.5, 0.6) is 0 Å². The molecule has 1 aromatic carbocycles. The zero-order chi connectivity index (χ0) is 13.1. The van der Waals surface area contributed by atoms with Gasteiger partial charge < -0.3 is 16.0 Å². The molecule has 1 amide bonds. The molecule has 1 saturated heterocycles. The zero-order valence-electron chi connectivity index (χ0n) is 10.4. The average molecular weight is 268 g/mol. The van der Waals surface area contributed by atoms with Crippen molar-refractivity contribution in [1.82, 2.24) is 10.2 Å². The van der Waals surface area contributed by atoms with Crippen LogP contribution in [0.1, 0.15) is 22.3 Å². The molecule has 0 radical (unpaired) electrons. The molecule has 98 valence electrons. The van der Waals surface area contributed by atoms with E-state index in [0.717, 1.165) is 31.6 Å². The lowest BCUT2D eigenvalue weighted by atomic mass is 10.1. The van der Waals surface area contributed by atoms with Crippen molar-refractivity contribution in [3.05, 3.63) is 34.3 Å². The summed E-state index contributed by atoms with van der Waals surface area (Å²) in [6, 6.07) is 5.71. The highest BCUT2D eigenvalue weighted by Gasteiger charge is 2.18. The van der Waals surface area contributed by atoms with E-state index in [0.29, 0.717) is 16.6 Å². The number of carbonyl (C=O) groups is 1. The zero-order valence-corrected chi connectivity index (χ0v) is 11.2. The SMILES string of the molecule is CN1CCC(NCc2ccc(C(N)=O)cc2Cl)C1. The molecule has 18 heavy (non-hydrogen) atoms. The Hall–Kier alpha value is -1.10. The molecule has 1 unspecified atom stereocenters. The summed E-state index contributed by atoms with van der Waals surface area (Å²) in [5.74, 6) is -0.450. The molecule has 0 aromatic heterocycles. The van der Waals surface area contributed by atoms with E-state index >= 15 is 0 Å². The molecule has 2 rings (SSSR count). The predicted octanol–water partition coefficient (Wildman–Crippen LogP) is 1.23. The number of hydrogen-bond donors (Lipinski definition) is 2. The first-order valence-corrected chi connectivity index (χ1v) is 6.44. The topological polar surface area (TPSA) is 58.4 Å². The summed E-state index contributed by atoms with van der Waals surface area (Å²) >= 11 is 6.13. The van der Waals surface area contributed by atoms with Crippen LogP contribution in [-0.2, 0) is 6.54 Å². The van der Waals surface area contributed by atoms with Crippen LogP contribution in [0.2, 0.25) is 5.02 Å². The van der Waals surface area contributed by atoms with Crippen LogP contribution in [-0.4, -0.2) is 37.0 Å². The maximum Gasteiger partial charge on any atom is 0.248 e. The summed E-state index contributed by atoms with van der Waals surface area (Å²) in [7, 11) is 2.12. The average Bonchev–Trinajstić information content (AvgIpc) is 2.73. The van der Waals surface area contributed by atoms with Crippen molar-refractivity contribution in [2.45, 2.75) is 19.0 Å². The predicted molar refractivity (Wildman–Crippen MR) is 72.7 cm³/mol. The second kappa shape index (κ2) is 5.69. The molecule has 3 N–H and O–H groups in total. The fourth-order valence-corrected chi connectivity index (χ4v) is 2.45. The molecule has 0 saturated carbocycles. The van der Waals surface area contributed by atoms with Crippen molar-refractivity contribution in [1.29, 1.82) is 0 Å². The number of nitrogens with zero attached hydrogens (tertiary/aromatic N) is 1. The van der Waals surface area contributed by atoms with Gasteiger partial charge >= 0.3 is 0 Å². The normalized spacial score (nSPS) is 20.2. The van der Waals surface area contributed by atoms with Gasteiger partial charge in [0.2, 0.25) is 5.91 Å². The standard InChI is InChI=1S/C13H18ClN3O/c1-17-5-4-11(8-17)16-7-10-3-2-9(13(15)18)6-12(10)14/h2-3,6,11,16H,4-5,7-8H2,1H3,(H2,15,18). The summed E-state index contributed by atoms with van der Waals surface area (Å²) in [6.07, 6.45) is 1.16. The number of benzene rings is 1. The summed E-state index contributed by atoms with van der Waals surface area (Å²) in [5.41, 5.74) is 6.65. The van der Waals surface area contributed by atoms with Gasteiger partial charge in [-0.1, -0.05) is 17.7 Å². The first-order valence-electron chi connectivity index (χ1n) is 6.06. The van der Waals surface area contributed by atoms with Gasteiger partial charge in [0.05, 0.1) is 0 Å². The van der Waals surface area contributed by atoms with E-state index in [2.05, 4.69) is 17.3 Å². The maximum atomic E-state index is 11.0. The molecule has 1 aromatic rings. The Morgan fingerprint density at radius 3 is 2.94 bits per heavy atom. The van der Waals surface area contributed by atoms with Gasteiger partial charge in [-0.05, 0) is 37.7 Å². The van der Waals surface area contributed by atoms with Crippen LogP contribution in [0.25, 0.3) is 0 Å². The van der Waals surface area contributed by atoms with E-state index in [1.165, 1.54) is 0 Å². The molecule has 0 bridgehead atoms. The number of primary amides is 1. The van der Waals surface area contributed by atoms with Gasteiger partial charge in [-0.3, -0.25) is 4.79 Å². The third-order valence-corrected chi connectivity index (χ3v) is 3.66. The second-order valence-electron chi connectivity index (χ2n) is 4.80. The fraction of sp³-hybridized carbons (Fsp3) is 0.462. The lowest BCUT2D eigenvalue weighted by Gasteiger charge is -2.13. The Kier molecular flexibility index (Phi) is 4.22. The molecule has 0 aliphatic carbocycles. The lowest BCUT2D eigenvalue weighted by Crippen LogP contribution is -2.31. The highest BCUT2D eigenvalue weighted by Crippen LogP contribution is 2.18. The van der Waals surface area contributed by atoms with Gasteiger partial charge in [0.1, 0.15) is 0 Å². The van der Waals surface area contributed by atoms with Crippen LogP contribution in [0.15, 0.2) is 18.2 Å². The number of amides is 1. The maximum absolute atomic E-state index is 11.0. The Morgan fingerprint density at radius 2 is 2.39 bits per heavy atom. The van der Waals surface area contributed by atoms with Crippen molar-refractivity contribution in [2.24, 2.45) is 5.73 Å². The van der Waals surface area contributed by atoms with Crippen LogP contribution in [0, 0.1) is 0 Å². The van der Waals surface area contributed by atoms with Crippen LogP contribution >= 0.6 is 11.6 Å². The molecular formula is C13H18ClN3O. The van der Waals surface area contributed by atoms with Gasteiger partial charge in [-0.2, -0.15) is 0 Å². The van der Waals surface area contributed by atoms with E-state index in [4.69, 9.17) is 17.3 Å². The molecule has 1 atom stereocenters. The van der Waals surface area contributed by atoms with E-state index in [-0.39, 0.29) is 0 Å². The summed E-state index contributed by atoms with van der Waals surface area (Å²) in [5, 5.41) is 4.06. The highest BCUT2D eigenvalue weighted by molar-refractivity contribution is 6.31. The Bertz CT molecular complexity index is 450. The van der Waals surface area contributed by atoms with Gasteiger partial charge in [0.15, 0.2) is 0 Å². The monoisotopic (exact) mass is 267 g/mol. The van der Waals surface area contributed by atoms with E-state index < -0.39 is 5.91 Å². The molecule has 1 fully saturated rings. The van der Waals surface area contributed by atoms with Gasteiger partial charge in [-0.25, -0.2) is 0 Å². The quantitative estimate of drug-likeness (QED) is 0.863. The molecule has 5 heteroatoms. The highest BCUT2D eigenvalue weighted by atomic mass is 35.5. The number of nitrogens with one attached hydrogen (secondary N) is 1. The minimum Gasteiger partial charge on any atom is -0.366 e. The number of rotatable bonds is 4. The van der Waals surface area contributed by atoms with Crippen molar-refractivity contribution >= 4 is 17.5 Å². The minimum atomic E-state index is -0.450. The molecule has 1 aliphatic rings. The molecular weight excluding hydrogens is 250 g/mol. The van der Waals surface area contributed by atoms with Crippen LogP contribution in [0.3, 0.4) is 0 Å². The molecule has 4 nitrogen and oxygen atoms in total. The van der Waals surface area contributed by atoms with Crippen molar-refractivity contribution in [3.8, 4) is 0 Å². The van der Waals surface area contributed by atoms with Crippen molar-refractivity contribution in [2.75, 3.05) is 20.1 Å². The summed E-state index contributed by atoms with van der Waals surface area (Å²) < 4.78 is 0. The van der Waals surface area contributed by atoms with Crippen molar-refractivity contribution in [3.63, 3.8) is 0 Å². The van der Waals surface area contributed by atoms with Crippen LogP contribution in [0.4, 0.5) is 0 Å². The number of likely N-dealkylation sites (N-methyl/N-ethyl adjacent to an activating group) is 1. The number of carbonyl (C=O) groups excluding carboxylic acids is 1.